The number of H-pyrrole nitrogens is 1. The van der Waals surface area contributed by atoms with E-state index in [0.29, 0.717) is 15.9 Å². The second-order valence-corrected chi connectivity index (χ2v) is 4.60. The van der Waals surface area contributed by atoms with Crippen molar-refractivity contribution < 1.29 is 0 Å². The molecule has 0 atom stereocenters. The Morgan fingerprint density at radius 1 is 1.59 bits per heavy atom. The SMILES string of the molecule is Cn1nccc1CCNc1nc[nH]c(=O)c1I. The second-order valence-electron chi connectivity index (χ2n) is 3.52. The van der Waals surface area contributed by atoms with Gasteiger partial charge in [-0.2, -0.15) is 5.10 Å². The van der Waals surface area contributed by atoms with Crippen molar-refractivity contribution in [1.29, 1.82) is 0 Å². The first kappa shape index (κ1) is 12.1. The van der Waals surface area contributed by atoms with E-state index >= 15 is 0 Å². The minimum absolute atomic E-state index is 0.122. The fourth-order valence-corrected chi connectivity index (χ4v) is 1.95. The number of nitrogens with zero attached hydrogens (tertiary/aromatic N) is 3. The molecule has 2 N–H and O–H groups in total. The molecule has 0 aliphatic carbocycles. The Morgan fingerprint density at radius 2 is 2.41 bits per heavy atom. The summed E-state index contributed by atoms with van der Waals surface area (Å²) in [5.41, 5.74) is 1.01. The van der Waals surface area contributed by atoms with Gasteiger partial charge < -0.3 is 10.3 Å². The largest absolute Gasteiger partial charge is 0.369 e. The standard InChI is InChI=1S/C10H12IN5O/c1-16-7(3-5-15-16)2-4-12-9-8(11)10(17)14-6-13-9/h3,5-6H,2,4H2,1H3,(H2,12,13,14,17). The highest BCUT2D eigenvalue weighted by molar-refractivity contribution is 14.1. The van der Waals surface area contributed by atoms with E-state index in [-0.39, 0.29) is 5.56 Å². The summed E-state index contributed by atoms with van der Waals surface area (Å²) < 4.78 is 2.41. The molecule has 0 spiro atoms. The fourth-order valence-electron chi connectivity index (χ4n) is 1.46. The predicted molar refractivity (Wildman–Crippen MR) is 73.0 cm³/mol. The molecule has 2 heterocycles. The van der Waals surface area contributed by atoms with Gasteiger partial charge in [-0.25, -0.2) is 4.98 Å². The molecule has 90 valence electrons. The van der Waals surface area contributed by atoms with Crippen LogP contribution in [0.5, 0.6) is 0 Å². The molecule has 0 bridgehead atoms. The molecule has 0 unspecified atom stereocenters. The van der Waals surface area contributed by atoms with Crippen molar-refractivity contribution in [2.45, 2.75) is 6.42 Å². The topological polar surface area (TPSA) is 75.6 Å². The van der Waals surface area contributed by atoms with Gasteiger partial charge >= 0.3 is 0 Å². The molecular weight excluding hydrogens is 333 g/mol. The minimum Gasteiger partial charge on any atom is -0.369 e. The van der Waals surface area contributed by atoms with E-state index in [1.54, 1.807) is 6.20 Å². The normalized spacial score (nSPS) is 10.5. The third-order valence-corrected chi connectivity index (χ3v) is 3.39. The number of aromatic nitrogens is 4. The van der Waals surface area contributed by atoms with E-state index in [4.69, 9.17) is 0 Å². The van der Waals surface area contributed by atoms with Gasteiger partial charge in [0.05, 0.1) is 6.33 Å². The number of hydrogen-bond acceptors (Lipinski definition) is 4. The summed E-state index contributed by atoms with van der Waals surface area (Å²) in [7, 11) is 1.91. The van der Waals surface area contributed by atoms with Crippen LogP contribution in [0.1, 0.15) is 5.69 Å². The van der Waals surface area contributed by atoms with E-state index in [0.717, 1.165) is 12.1 Å². The zero-order valence-electron chi connectivity index (χ0n) is 9.27. The molecule has 0 saturated carbocycles. The molecule has 0 aliphatic heterocycles. The van der Waals surface area contributed by atoms with Gasteiger partial charge in [-0.15, -0.1) is 0 Å². The Morgan fingerprint density at radius 3 is 3.12 bits per heavy atom. The first-order valence-electron chi connectivity index (χ1n) is 5.12. The van der Waals surface area contributed by atoms with Gasteiger partial charge in [0.2, 0.25) is 0 Å². The van der Waals surface area contributed by atoms with Crippen LogP contribution in [-0.2, 0) is 13.5 Å². The van der Waals surface area contributed by atoms with Gasteiger partial charge in [0.25, 0.3) is 5.56 Å². The summed E-state index contributed by atoms with van der Waals surface area (Å²) >= 11 is 1.98. The first-order valence-corrected chi connectivity index (χ1v) is 6.20. The van der Waals surface area contributed by atoms with Crippen LogP contribution in [0.15, 0.2) is 23.4 Å². The fraction of sp³-hybridized carbons (Fsp3) is 0.300. The Labute approximate surface area is 112 Å². The molecule has 2 aromatic heterocycles. The maximum atomic E-state index is 11.3. The molecule has 2 rings (SSSR count). The maximum Gasteiger partial charge on any atom is 0.266 e. The average Bonchev–Trinajstić information content (AvgIpc) is 2.71. The van der Waals surface area contributed by atoms with Gasteiger partial charge in [0.1, 0.15) is 9.39 Å². The Hall–Kier alpha value is -1.38. The molecule has 6 nitrogen and oxygen atoms in total. The van der Waals surface area contributed by atoms with E-state index in [1.165, 1.54) is 6.33 Å². The molecule has 7 heteroatoms. The molecule has 0 aliphatic rings. The lowest BCUT2D eigenvalue weighted by Crippen LogP contribution is -2.16. The molecule has 17 heavy (non-hydrogen) atoms. The van der Waals surface area contributed by atoms with Crippen LogP contribution < -0.4 is 10.9 Å². The summed E-state index contributed by atoms with van der Waals surface area (Å²) in [6.07, 6.45) is 4.00. The summed E-state index contributed by atoms with van der Waals surface area (Å²) in [6.45, 7) is 0.714. The van der Waals surface area contributed by atoms with Crippen LogP contribution >= 0.6 is 22.6 Å². The van der Waals surface area contributed by atoms with E-state index in [9.17, 15) is 4.79 Å². The molecule has 2 aromatic rings. The summed E-state index contributed by atoms with van der Waals surface area (Å²) in [5, 5.41) is 7.23. The number of aryl methyl sites for hydroxylation is 1. The Balaban J connectivity index is 1.97. The number of rotatable bonds is 4. The van der Waals surface area contributed by atoms with Gasteiger partial charge in [0, 0.05) is 31.9 Å². The molecule has 0 fully saturated rings. The van der Waals surface area contributed by atoms with E-state index < -0.39 is 0 Å². The Kier molecular flexibility index (Phi) is 3.77. The van der Waals surface area contributed by atoms with Crippen LogP contribution in [0.25, 0.3) is 0 Å². The van der Waals surface area contributed by atoms with Crippen molar-refractivity contribution >= 4 is 28.4 Å². The van der Waals surface area contributed by atoms with Gasteiger partial charge in [-0.3, -0.25) is 9.48 Å². The number of anilines is 1. The van der Waals surface area contributed by atoms with Crippen molar-refractivity contribution in [2.24, 2.45) is 7.05 Å². The van der Waals surface area contributed by atoms with Crippen molar-refractivity contribution in [2.75, 3.05) is 11.9 Å². The lowest BCUT2D eigenvalue weighted by atomic mass is 10.3. The summed E-state index contributed by atoms with van der Waals surface area (Å²) in [5.74, 6) is 0.622. The predicted octanol–water partition coefficient (Wildman–Crippen LogP) is 0.763. The molecule has 0 amide bonds. The zero-order valence-corrected chi connectivity index (χ0v) is 11.4. The summed E-state index contributed by atoms with van der Waals surface area (Å²) in [4.78, 5) is 17.9. The maximum absolute atomic E-state index is 11.3. The van der Waals surface area contributed by atoms with Crippen molar-refractivity contribution in [3.63, 3.8) is 0 Å². The highest BCUT2D eigenvalue weighted by Gasteiger charge is 2.04. The zero-order chi connectivity index (χ0) is 12.3. The number of hydrogen-bond donors (Lipinski definition) is 2. The van der Waals surface area contributed by atoms with Crippen molar-refractivity contribution in [3.8, 4) is 0 Å². The van der Waals surface area contributed by atoms with Crippen molar-refractivity contribution in [1.82, 2.24) is 19.7 Å². The second kappa shape index (κ2) is 5.30. The number of nitrogens with one attached hydrogen (secondary N) is 2. The van der Waals surface area contributed by atoms with Crippen LogP contribution in [0.4, 0.5) is 5.82 Å². The lowest BCUT2D eigenvalue weighted by molar-refractivity contribution is 0.711. The third-order valence-electron chi connectivity index (χ3n) is 2.39. The monoisotopic (exact) mass is 345 g/mol. The number of halogens is 1. The lowest BCUT2D eigenvalue weighted by Gasteiger charge is -2.06. The minimum atomic E-state index is -0.122. The van der Waals surface area contributed by atoms with Crippen LogP contribution in [-0.4, -0.2) is 26.3 Å². The van der Waals surface area contributed by atoms with Gasteiger partial charge in [-0.05, 0) is 28.7 Å². The highest BCUT2D eigenvalue weighted by atomic mass is 127. The Bertz CT molecular complexity index is 562. The van der Waals surface area contributed by atoms with E-state index in [2.05, 4.69) is 20.4 Å². The average molecular weight is 345 g/mol. The summed E-state index contributed by atoms with van der Waals surface area (Å²) in [6, 6.07) is 1.97. The number of aromatic amines is 1. The van der Waals surface area contributed by atoms with Crippen molar-refractivity contribution in [3.05, 3.63) is 38.2 Å². The molecular formula is C10H12IN5O. The molecule has 0 radical (unpaired) electrons. The van der Waals surface area contributed by atoms with Gasteiger partial charge in [-0.1, -0.05) is 0 Å². The molecule has 0 aromatic carbocycles. The molecule has 0 saturated heterocycles. The quantitative estimate of drug-likeness (QED) is 0.803. The first-order chi connectivity index (χ1) is 8.18. The van der Waals surface area contributed by atoms with Gasteiger partial charge in [0.15, 0.2) is 0 Å². The van der Waals surface area contributed by atoms with Crippen LogP contribution in [0.3, 0.4) is 0 Å². The third kappa shape index (κ3) is 2.84. The highest BCUT2D eigenvalue weighted by Crippen LogP contribution is 2.08. The smallest absolute Gasteiger partial charge is 0.266 e. The van der Waals surface area contributed by atoms with Crippen LogP contribution in [0.2, 0.25) is 0 Å². The van der Waals surface area contributed by atoms with E-state index in [1.807, 2.05) is 40.4 Å². The van der Waals surface area contributed by atoms with Crippen LogP contribution in [0, 0.1) is 3.57 Å².